The van der Waals surface area contributed by atoms with Crippen LogP contribution in [0.5, 0.6) is 5.75 Å². The number of methoxy groups -OCH3 is 1. The summed E-state index contributed by atoms with van der Waals surface area (Å²) in [6, 6.07) is 9.63. The van der Waals surface area contributed by atoms with Crippen molar-refractivity contribution in [3.05, 3.63) is 60.4 Å². The molecule has 1 aliphatic carbocycles. The normalized spacial score (nSPS) is 19.1. The summed E-state index contributed by atoms with van der Waals surface area (Å²) in [6.07, 6.45) is 9.54. The SMILES string of the molecule is COC(=O)C(O)(O)CC=C=CCC1C(=O)CCC1/C=C/CCOc1ccccc1. The highest BCUT2D eigenvalue weighted by molar-refractivity contribution is 5.83. The van der Waals surface area contributed by atoms with Gasteiger partial charge in [-0.15, -0.1) is 5.73 Å². The number of allylic oxidation sites excluding steroid dienone is 1. The maximum atomic E-state index is 12.2. The van der Waals surface area contributed by atoms with Gasteiger partial charge in [0.2, 0.25) is 0 Å². The van der Waals surface area contributed by atoms with Crippen molar-refractivity contribution in [2.24, 2.45) is 11.8 Å². The maximum Gasteiger partial charge on any atom is 0.366 e. The van der Waals surface area contributed by atoms with Gasteiger partial charge in [0, 0.05) is 18.8 Å². The van der Waals surface area contributed by atoms with Gasteiger partial charge in [0.1, 0.15) is 11.5 Å². The van der Waals surface area contributed by atoms with Crippen LogP contribution >= 0.6 is 0 Å². The van der Waals surface area contributed by atoms with E-state index in [1.54, 1.807) is 6.08 Å². The number of ether oxygens (including phenoxy) is 2. The van der Waals surface area contributed by atoms with Crippen LogP contribution in [0.3, 0.4) is 0 Å². The molecule has 1 fully saturated rings. The van der Waals surface area contributed by atoms with Gasteiger partial charge in [-0.25, -0.2) is 4.79 Å². The number of benzene rings is 1. The summed E-state index contributed by atoms with van der Waals surface area (Å²) in [5.41, 5.74) is 2.81. The fourth-order valence-corrected chi connectivity index (χ4v) is 3.23. The first kappa shape index (κ1) is 22.6. The minimum Gasteiger partial charge on any atom is -0.493 e. The third kappa shape index (κ3) is 7.35. The molecule has 6 nitrogen and oxygen atoms in total. The van der Waals surface area contributed by atoms with Gasteiger partial charge in [-0.3, -0.25) is 4.79 Å². The van der Waals surface area contributed by atoms with Crippen LogP contribution in [-0.4, -0.2) is 41.5 Å². The largest absolute Gasteiger partial charge is 0.493 e. The Labute approximate surface area is 171 Å². The van der Waals surface area contributed by atoms with Crippen molar-refractivity contribution < 1.29 is 29.3 Å². The van der Waals surface area contributed by atoms with Crippen LogP contribution in [0.15, 0.2) is 60.4 Å². The van der Waals surface area contributed by atoms with Crippen LogP contribution in [0.25, 0.3) is 0 Å². The van der Waals surface area contributed by atoms with Crippen LogP contribution in [0.2, 0.25) is 0 Å². The molecular formula is C23H28O6. The maximum absolute atomic E-state index is 12.2. The highest BCUT2D eigenvalue weighted by Gasteiger charge is 2.33. The lowest BCUT2D eigenvalue weighted by molar-refractivity contribution is -0.205. The first-order chi connectivity index (χ1) is 13.9. The van der Waals surface area contributed by atoms with E-state index in [-0.39, 0.29) is 24.0 Å². The fraction of sp³-hybridized carbons (Fsp3) is 0.435. The molecule has 2 rings (SSSR count). The van der Waals surface area contributed by atoms with Crippen LogP contribution in [-0.2, 0) is 14.3 Å². The molecule has 156 valence electrons. The van der Waals surface area contributed by atoms with Gasteiger partial charge >= 0.3 is 5.97 Å². The molecule has 0 aromatic heterocycles. The van der Waals surface area contributed by atoms with Crippen molar-refractivity contribution in [2.45, 2.75) is 37.9 Å². The minimum absolute atomic E-state index is 0.101. The Hall–Kier alpha value is -2.66. The summed E-state index contributed by atoms with van der Waals surface area (Å²) in [5, 5.41) is 19.0. The van der Waals surface area contributed by atoms with E-state index in [4.69, 9.17) is 4.74 Å². The van der Waals surface area contributed by atoms with Crippen LogP contribution in [0, 0.1) is 11.8 Å². The second kappa shape index (κ2) is 11.4. The summed E-state index contributed by atoms with van der Waals surface area (Å²) >= 11 is 0. The summed E-state index contributed by atoms with van der Waals surface area (Å²) in [5.74, 6) is -2.53. The van der Waals surface area contributed by atoms with Gasteiger partial charge in [0.25, 0.3) is 5.79 Å². The van der Waals surface area contributed by atoms with Crippen LogP contribution < -0.4 is 4.74 Å². The highest BCUT2D eigenvalue weighted by atomic mass is 16.6. The summed E-state index contributed by atoms with van der Waals surface area (Å²) in [7, 11) is 1.08. The van der Waals surface area contributed by atoms with Gasteiger partial charge in [0.05, 0.1) is 13.7 Å². The molecule has 0 amide bonds. The van der Waals surface area contributed by atoms with E-state index >= 15 is 0 Å². The van der Waals surface area contributed by atoms with Crippen molar-refractivity contribution in [3.8, 4) is 5.75 Å². The lowest BCUT2D eigenvalue weighted by Crippen LogP contribution is -2.38. The van der Waals surface area contributed by atoms with Gasteiger partial charge in [-0.1, -0.05) is 30.4 Å². The first-order valence-electron chi connectivity index (χ1n) is 9.74. The second-order valence-electron chi connectivity index (χ2n) is 6.98. The third-order valence-electron chi connectivity index (χ3n) is 4.84. The average molecular weight is 400 g/mol. The summed E-state index contributed by atoms with van der Waals surface area (Å²) < 4.78 is 9.95. The molecule has 2 N–H and O–H groups in total. The number of esters is 1. The number of hydrogen-bond acceptors (Lipinski definition) is 6. The Morgan fingerprint density at radius 1 is 1.28 bits per heavy atom. The zero-order chi connectivity index (χ0) is 21.1. The number of aliphatic hydroxyl groups is 2. The van der Waals surface area contributed by atoms with Gasteiger partial charge in [-0.2, -0.15) is 0 Å². The molecule has 1 aliphatic rings. The summed E-state index contributed by atoms with van der Waals surface area (Å²) in [6.45, 7) is 0.582. The van der Waals surface area contributed by atoms with Crippen molar-refractivity contribution in [1.82, 2.24) is 0 Å². The van der Waals surface area contributed by atoms with Crippen LogP contribution in [0.1, 0.15) is 32.1 Å². The zero-order valence-electron chi connectivity index (χ0n) is 16.6. The molecule has 0 radical (unpaired) electrons. The number of ketones is 1. The molecule has 2 atom stereocenters. The standard InChI is InChI=1S/C23H28O6/c1-28-22(25)23(26,27)16-8-3-6-13-20-18(14-15-21(20)24)10-7-9-17-29-19-11-4-2-5-12-19/h2,4-8,10-12,18,20,26-27H,9,13-17H2,1H3/b10-7+. The van der Waals surface area contributed by atoms with E-state index in [1.807, 2.05) is 30.3 Å². The topological polar surface area (TPSA) is 93.1 Å². The van der Waals surface area contributed by atoms with Crippen LogP contribution in [0.4, 0.5) is 0 Å². The number of rotatable bonds is 10. The number of Topliss-reactive ketones (excluding diaryl/α,β-unsaturated/α-hetero) is 1. The van der Waals surface area contributed by atoms with Crippen molar-refractivity contribution in [2.75, 3.05) is 13.7 Å². The van der Waals surface area contributed by atoms with E-state index in [2.05, 4.69) is 22.6 Å². The molecule has 0 aliphatic heterocycles. The Morgan fingerprint density at radius 2 is 2.03 bits per heavy atom. The smallest absolute Gasteiger partial charge is 0.366 e. The molecule has 6 heteroatoms. The predicted molar refractivity (Wildman–Crippen MR) is 108 cm³/mol. The Balaban J connectivity index is 1.79. The van der Waals surface area contributed by atoms with E-state index in [0.717, 1.165) is 25.7 Å². The number of carbonyl (C=O) groups excluding carboxylic acids is 2. The lowest BCUT2D eigenvalue weighted by Gasteiger charge is -2.15. The van der Waals surface area contributed by atoms with E-state index in [9.17, 15) is 19.8 Å². The molecule has 29 heavy (non-hydrogen) atoms. The molecule has 1 aromatic rings. The number of carbonyl (C=O) groups is 2. The van der Waals surface area contributed by atoms with Gasteiger partial charge < -0.3 is 19.7 Å². The van der Waals surface area contributed by atoms with Crippen molar-refractivity contribution in [3.63, 3.8) is 0 Å². The zero-order valence-corrected chi connectivity index (χ0v) is 16.6. The van der Waals surface area contributed by atoms with Gasteiger partial charge in [-0.05, 0) is 49.5 Å². The molecular weight excluding hydrogens is 372 g/mol. The quantitative estimate of drug-likeness (QED) is 0.206. The fourth-order valence-electron chi connectivity index (χ4n) is 3.23. The third-order valence-corrected chi connectivity index (χ3v) is 4.84. The number of hydrogen-bond donors (Lipinski definition) is 2. The average Bonchev–Trinajstić information content (AvgIpc) is 3.07. The predicted octanol–water partition coefficient (Wildman–Crippen LogP) is 2.95. The second-order valence-corrected chi connectivity index (χ2v) is 6.98. The van der Waals surface area contributed by atoms with E-state index in [1.165, 1.54) is 6.08 Å². The Bertz CT molecular complexity index is 759. The van der Waals surface area contributed by atoms with E-state index < -0.39 is 11.8 Å². The van der Waals surface area contributed by atoms with Crippen molar-refractivity contribution in [1.29, 1.82) is 0 Å². The minimum atomic E-state index is -2.56. The molecule has 0 heterocycles. The molecule has 2 unspecified atom stereocenters. The molecule has 1 saturated carbocycles. The lowest BCUT2D eigenvalue weighted by atomic mass is 9.91. The molecule has 0 saturated heterocycles. The molecule has 0 spiro atoms. The first-order valence-corrected chi connectivity index (χ1v) is 9.74. The Kier molecular flexibility index (Phi) is 8.87. The molecule has 0 bridgehead atoms. The number of para-hydroxylation sites is 1. The van der Waals surface area contributed by atoms with E-state index in [0.29, 0.717) is 19.4 Å². The van der Waals surface area contributed by atoms with Gasteiger partial charge in [0.15, 0.2) is 0 Å². The highest BCUT2D eigenvalue weighted by Crippen LogP contribution is 2.32. The molecule has 1 aromatic carbocycles. The monoisotopic (exact) mass is 400 g/mol. The Morgan fingerprint density at radius 3 is 2.76 bits per heavy atom. The summed E-state index contributed by atoms with van der Waals surface area (Å²) in [4.78, 5) is 23.3. The van der Waals surface area contributed by atoms with Crippen molar-refractivity contribution >= 4 is 11.8 Å².